The van der Waals surface area contributed by atoms with Gasteiger partial charge in [0.05, 0.1) is 6.72 Å². The van der Waals surface area contributed by atoms with E-state index >= 15 is 0 Å². The number of allylic oxidation sites excluding steroid dienone is 2. The van der Waals surface area contributed by atoms with Gasteiger partial charge in [0.25, 0.3) is 0 Å². The zero-order valence-corrected chi connectivity index (χ0v) is 24.2. The van der Waals surface area contributed by atoms with E-state index in [9.17, 15) is 0 Å². The molecule has 1 aromatic heterocycles. The Hall–Kier alpha value is -4.66. The van der Waals surface area contributed by atoms with Gasteiger partial charge in [-0.1, -0.05) is 138 Å². The SMILES string of the molecule is C=[N+]1C=CC(C(C)c2ccccc2)=C[C-]1c1cc2c(cc1C)[s+][c-]1cc(-c3ccccc3-c3ccccc3)ccc21. The zero-order valence-electron chi connectivity index (χ0n) is 23.3. The van der Waals surface area contributed by atoms with E-state index in [4.69, 9.17) is 0 Å². The van der Waals surface area contributed by atoms with Crippen molar-refractivity contribution in [1.29, 1.82) is 0 Å². The fourth-order valence-electron chi connectivity index (χ4n) is 5.95. The molecule has 0 aliphatic carbocycles. The number of rotatable bonds is 5. The van der Waals surface area contributed by atoms with Gasteiger partial charge in [-0.05, 0) is 45.9 Å². The van der Waals surface area contributed by atoms with Crippen molar-refractivity contribution in [2.45, 2.75) is 19.8 Å². The maximum absolute atomic E-state index is 4.34. The van der Waals surface area contributed by atoms with Crippen molar-refractivity contribution in [3.8, 4) is 22.3 Å². The Kier molecular flexibility index (Phi) is 6.41. The van der Waals surface area contributed by atoms with Crippen LogP contribution in [0, 0.1) is 13.0 Å². The third kappa shape index (κ3) is 4.61. The van der Waals surface area contributed by atoms with Crippen LogP contribution in [0.5, 0.6) is 0 Å². The maximum atomic E-state index is 4.34. The highest BCUT2D eigenvalue weighted by Crippen LogP contribution is 2.41. The Morgan fingerprint density at radius 1 is 0.780 bits per heavy atom. The standard InChI is InChI=1S/C39H31NS/c1-26-22-38-36(25-35(26)37-23-30(20-21-40(37)3)27(2)28-12-6-4-7-13-28)34-19-18-31(24-39(34)41-38)33-17-11-10-16-32(33)29-14-8-5-9-15-29/h4-25,27H,3H2,1-2H3. The predicted octanol–water partition coefficient (Wildman–Crippen LogP) is 10.5. The number of nitrogens with zero attached hydrogens (tertiary/aromatic N) is 1. The van der Waals surface area contributed by atoms with Crippen LogP contribution < -0.4 is 0 Å². The minimum atomic E-state index is 0.305. The summed E-state index contributed by atoms with van der Waals surface area (Å²) in [7, 11) is 0. The molecular formula is C39H31NS. The average Bonchev–Trinajstić information content (AvgIpc) is 3.38. The second-order valence-electron chi connectivity index (χ2n) is 10.8. The third-order valence-corrected chi connectivity index (χ3v) is 9.39. The lowest BCUT2D eigenvalue weighted by Gasteiger charge is -2.25. The number of hydrogen-bond donors (Lipinski definition) is 0. The van der Waals surface area contributed by atoms with E-state index in [-0.39, 0.29) is 0 Å². The smallest absolute Gasteiger partial charge is 0.159 e. The minimum Gasteiger partial charge on any atom is -0.255 e. The van der Waals surface area contributed by atoms with Gasteiger partial charge in [0.2, 0.25) is 0 Å². The van der Waals surface area contributed by atoms with Gasteiger partial charge in [-0.15, -0.1) is 18.2 Å². The normalized spacial score (nSPS) is 14.0. The Labute approximate surface area is 246 Å². The molecule has 1 aliphatic rings. The molecule has 0 fully saturated rings. The molecule has 41 heavy (non-hydrogen) atoms. The number of benzene rings is 5. The highest BCUT2D eigenvalue weighted by molar-refractivity contribution is 7.25. The molecule has 2 heteroatoms. The van der Waals surface area contributed by atoms with Gasteiger partial charge in [-0.2, -0.15) is 0 Å². The first-order valence-corrected chi connectivity index (χ1v) is 14.9. The van der Waals surface area contributed by atoms with E-state index in [1.54, 1.807) is 0 Å². The molecule has 0 bridgehead atoms. The monoisotopic (exact) mass is 545 g/mol. The molecule has 1 nitrogen and oxygen atoms in total. The van der Waals surface area contributed by atoms with Crippen molar-refractivity contribution in [3.63, 3.8) is 0 Å². The summed E-state index contributed by atoms with van der Waals surface area (Å²) in [5.41, 5.74) is 10.1. The van der Waals surface area contributed by atoms with Crippen LogP contribution in [-0.4, -0.2) is 11.3 Å². The second-order valence-corrected chi connectivity index (χ2v) is 11.9. The lowest BCUT2D eigenvalue weighted by Crippen LogP contribution is -2.17. The van der Waals surface area contributed by atoms with Crippen molar-refractivity contribution < 1.29 is 4.58 Å². The topological polar surface area (TPSA) is 3.01 Å². The van der Waals surface area contributed by atoms with Crippen molar-refractivity contribution in [3.05, 3.63) is 162 Å². The minimum absolute atomic E-state index is 0.305. The van der Waals surface area contributed by atoms with Crippen LogP contribution in [0.15, 0.2) is 139 Å². The summed E-state index contributed by atoms with van der Waals surface area (Å²) in [5.74, 6) is 0.305. The molecule has 1 atom stereocenters. The fourth-order valence-corrected chi connectivity index (χ4v) is 7.18. The van der Waals surface area contributed by atoms with E-state index in [2.05, 4.69) is 154 Å². The Morgan fingerprint density at radius 2 is 1.46 bits per heavy atom. The summed E-state index contributed by atoms with van der Waals surface area (Å²) in [5, 5.41) is 2.60. The van der Waals surface area contributed by atoms with E-state index in [1.807, 2.05) is 15.9 Å². The lowest BCUT2D eigenvalue weighted by molar-refractivity contribution is -0.418. The largest absolute Gasteiger partial charge is 0.255 e. The van der Waals surface area contributed by atoms with E-state index in [0.717, 1.165) is 6.04 Å². The summed E-state index contributed by atoms with van der Waals surface area (Å²) in [6.07, 6.45) is 6.60. The molecule has 0 N–H and O–H groups in total. The van der Waals surface area contributed by atoms with Crippen LogP contribution in [-0.2, 0) is 0 Å². The van der Waals surface area contributed by atoms with Crippen LogP contribution in [0.1, 0.15) is 29.5 Å². The molecule has 0 radical (unpaired) electrons. The summed E-state index contributed by atoms with van der Waals surface area (Å²) < 4.78 is 4.63. The lowest BCUT2D eigenvalue weighted by atomic mass is 9.87. The summed E-state index contributed by atoms with van der Waals surface area (Å²) in [6.45, 7) is 8.83. The Morgan fingerprint density at radius 3 is 2.22 bits per heavy atom. The van der Waals surface area contributed by atoms with Crippen molar-refractivity contribution in [2.24, 2.45) is 0 Å². The molecule has 0 saturated heterocycles. The first-order valence-electron chi connectivity index (χ1n) is 14.1. The molecule has 2 heterocycles. The van der Waals surface area contributed by atoms with Gasteiger partial charge >= 0.3 is 0 Å². The Bertz CT molecular complexity index is 1980. The molecule has 0 saturated carbocycles. The maximum Gasteiger partial charge on any atom is 0.159 e. The first-order chi connectivity index (χ1) is 20.1. The van der Waals surface area contributed by atoms with Gasteiger partial charge < -0.3 is 0 Å². The Balaban J connectivity index is 1.30. The number of fused-ring (bicyclic) bond motifs is 3. The first kappa shape index (κ1) is 25.3. The van der Waals surface area contributed by atoms with Crippen LogP contribution in [0.2, 0.25) is 0 Å². The number of aryl methyl sites for hydroxylation is 1. The molecule has 1 unspecified atom stereocenters. The molecular weight excluding hydrogens is 515 g/mol. The summed E-state index contributed by atoms with van der Waals surface area (Å²) in [6, 6.07) is 42.9. The van der Waals surface area contributed by atoms with Crippen LogP contribution in [0.25, 0.3) is 42.4 Å². The molecule has 0 amide bonds. The van der Waals surface area contributed by atoms with Crippen molar-refractivity contribution >= 4 is 38.2 Å². The van der Waals surface area contributed by atoms with Gasteiger partial charge in [0.15, 0.2) is 4.70 Å². The molecule has 5 aromatic carbocycles. The van der Waals surface area contributed by atoms with Crippen LogP contribution in [0.4, 0.5) is 0 Å². The quantitative estimate of drug-likeness (QED) is 0.115. The van der Waals surface area contributed by atoms with Crippen LogP contribution >= 0.6 is 11.3 Å². The fraction of sp³-hybridized carbons (Fsp3) is 0.0769. The predicted molar refractivity (Wildman–Crippen MR) is 177 cm³/mol. The van der Waals surface area contributed by atoms with E-state index < -0.39 is 0 Å². The molecule has 7 rings (SSSR count). The zero-order chi connectivity index (χ0) is 27.9. The highest BCUT2D eigenvalue weighted by atomic mass is 32.1. The molecule has 6 aromatic rings. The van der Waals surface area contributed by atoms with Crippen molar-refractivity contribution in [1.82, 2.24) is 0 Å². The van der Waals surface area contributed by atoms with Gasteiger partial charge in [0, 0.05) is 0 Å². The van der Waals surface area contributed by atoms with Gasteiger partial charge in [0.1, 0.15) is 28.3 Å². The molecule has 198 valence electrons. The van der Waals surface area contributed by atoms with Crippen LogP contribution in [0.3, 0.4) is 0 Å². The number of hydrogen-bond acceptors (Lipinski definition) is 0. The number of thiophene rings is 1. The van der Waals surface area contributed by atoms with Crippen molar-refractivity contribution in [2.75, 3.05) is 0 Å². The van der Waals surface area contributed by atoms with Gasteiger partial charge in [-0.25, -0.2) is 0 Å². The summed E-state index contributed by atoms with van der Waals surface area (Å²) >= 11 is 1.88. The third-order valence-electron chi connectivity index (χ3n) is 8.28. The van der Waals surface area contributed by atoms with E-state index in [0.29, 0.717) is 5.92 Å². The van der Waals surface area contributed by atoms with E-state index in [1.165, 1.54) is 64.7 Å². The second kappa shape index (κ2) is 10.4. The highest BCUT2D eigenvalue weighted by Gasteiger charge is 2.22. The molecule has 1 aliphatic heterocycles. The summed E-state index contributed by atoms with van der Waals surface area (Å²) in [4.78, 5) is 0. The van der Waals surface area contributed by atoms with Gasteiger partial charge in [-0.3, -0.25) is 4.58 Å². The average molecular weight is 546 g/mol. The molecule has 0 spiro atoms.